The molecule has 2 rings (SSSR count). The Morgan fingerprint density at radius 1 is 1.05 bits per heavy atom. The first-order valence-electron chi connectivity index (χ1n) is 5.10. The Kier molecular flexibility index (Phi) is 3.52. The van der Waals surface area contributed by atoms with Crippen LogP contribution >= 0.6 is 11.3 Å². The number of benzene rings is 1. The lowest BCUT2D eigenvalue weighted by Crippen LogP contribution is -2.04. The molecule has 0 saturated heterocycles. The summed E-state index contributed by atoms with van der Waals surface area (Å²) in [6.45, 7) is 1.36. The molecular formula is C11H10O5S3. The van der Waals surface area contributed by atoms with Gasteiger partial charge in [-0.3, -0.25) is 4.55 Å². The van der Waals surface area contributed by atoms with E-state index in [1.54, 1.807) is 18.2 Å². The van der Waals surface area contributed by atoms with Gasteiger partial charge in [-0.05, 0) is 19.1 Å². The fourth-order valence-electron chi connectivity index (χ4n) is 1.63. The van der Waals surface area contributed by atoms with Crippen LogP contribution in [-0.2, 0) is 20.0 Å². The van der Waals surface area contributed by atoms with Crippen LogP contribution in [0.5, 0.6) is 0 Å². The smallest absolute Gasteiger partial charge is 0.281 e. The van der Waals surface area contributed by atoms with E-state index in [2.05, 4.69) is 0 Å². The first kappa shape index (κ1) is 14.2. The average molecular weight is 318 g/mol. The van der Waals surface area contributed by atoms with Gasteiger partial charge in [0.15, 0.2) is 4.21 Å². The first-order chi connectivity index (χ1) is 8.74. The van der Waals surface area contributed by atoms with Crippen molar-refractivity contribution in [1.82, 2.24) is 0 Å². The molecule has 2 aromatic rings. The van der Waals surface area contributed by atoms with Crippen LogP contribution in [0.3, 0.4) is 0 Å². The number of rotatable bonds is 3. The van der Waals surface area contributed by atoms with Crippen LogP contribution < -0.4 is 0 Å². The van der Waals surface area contributed by atoms with E-state index >= 15 is 0 Å². The summed E-state index contributed by atoms with van der Waals surface area (Å²) in [6, 6.07) is 7.71. The van der Waals surface area contributed by atoms with Crippen molar-refractivity contribution in [2.45, 2.75) is 20.9 Å². The Morgan fingerprint density at radius 3 is 2.11 bits per heavy atom. The topological polar surface area (TPSA) is 88.5 Å². The monoisotopic (exact) mass is 318 g/mol. The Bertz CT molecular complexity index is 801. The highest BCUT2D eigenvalue weighted by Gasteiger charge is 2.26. The van der Waals surface area contributed by atoms with Crippen molar-refractivity contribution in [3.05, 3.63) is 41.3 Å². The Morgan fingerprint density at radius 2 is 1.63 bits per heavy atom. The van der Waals surface area contributed by atoms with E-state index in [0.29, 0.717) is 11.3 Å². The van der Waals surface area contributed by atoms with Gasteiger partial charge in [-0.25, -0.2) is 8.42 Å². The van der Waals surface area contributed by atoms with Crippen molar-refractivity contribution in [2.75, 3.05) is 0 Å². The number of hydrogen-bond donors (Lipinski definition) is 1. The molecule has 0 bridgehead atoms. The molecule has 0 aliphatic heterocycles. The molecule has 0 fully saturated rings. The molecule has 102 valence electrons. The second kappa shape index (κ2) is 4.71. The third-order valence-electron chi connectivity index (χ3n) is 2.53. The quantitative estimate of drug-likeness (QED) is 0.876. The number of hydrogen-bond acceptors (Lipinski definition) is 5. The van der Waals surface area contributed by atoms with Gasteiger partial charge >= 0.3 is 10.1 Å². The van der Waals surface area contributed by atoms with Crippen molar-refractivity contribution in [1.29, 1.82) is 0 Å². The summed E-state index contributed by atoms with van der Waals surface area (Å²) in [4.78, 5) is -0.0193. The van der Waals surface area contributed by atoms with Gasteiger partial charge in [0.2, 0.25) is 9.84 Å². The van der Waals surface area contributed by atoms with Gasteiger partial charge in [-0.2, -0.15) is 8.42 Å². The zero-order valence-corrected chi connectivity index (χ0v) is 12.2. The molecule has 0 amide bonds. The molecule has 1 heterocycles. The van der Waals surface area contributed by atoms with Gasteiger partial charge in [0, 0.05) is 10.9 Å². The average Bonchev–Trinajstić information content (AvgIpc) is 2.72. The summed E-state index contributed by atoms with van der Waals surface area (Å²) < 4.78 is 55.5. The van der Waals surface area contributed by atoms with Crippen LogP contribution in [0.15, 0.2) is 49.7 Å². The lowest BCUT2D eigenvalue weighted by atomic mass is 10.4. The SMILES string of the molecule is Cc1c(S(=O)(=O)c2ccccc2)csc1S(=O)(=O)O. The maximum atomic E-state index is 12.3. The van der Waals surface area contributed by atoms with Gasteiger partial charge < -0.3 is 0 Å². The zero-order chi connectivity index (χ0) is 14.3. The molecule has 5 nitrogen and oxygen atoms in total. The molecule has 8 heteroatoms. The molecule has 19 heavy (non-hydrogen) atoms. The second-order valence-corrected chi connectivity index (χ2v) is 8.22. The van der Waals surface area contributed by atoms with Crippen LogP contribution in [0.1, 0.15) is 5.56 Å². The number of thiophene rings is 1. The van der Waals surface area contributed by atoms with Crippen LogP contribution in [0.2, 0.25) is 0 Å². The molecule has 0 spiro atoms. The summed E-state index contributed by atoms with van der Waals surface area (Å²) in [5.41, 5.74) is 0.0383. The van der Waals surface area contributed by atoms with Crippen LogP contribution in [0, 0.1) is 6.92 Å². The molecule has 1 N–H and O–H groups in total. The Labute approximate surface area is 115 Å². The van der Waals surface area contributed by atoms with Crippen molar-refractivity contribution < 1.29 is 21.4 Å². The minimum Gasteiger partial charge on any atom is -0.281 e. The van der Waals surface area contributed by atoms with E-state index in [9.17, 15) is 16.8 Å². The van der Waals surface area contributed by atoms with Crippen molar-refractivity contribution in [3.8, 4) is 0 Å². The minimum atomic E-state index is -4.40. The van der Waals surface area contributed by atoms with E-state index in [1.807, 2.05) is 0 Å². The van der Waals surface area contributed by atoms with Crippen molar-refractivity contribution >= 4 is 31.3 Å². The Hall–Kier alpha value is -1.22. The maximum absolute atomic E-state index is 12.3. The minimum absolute atomic E-state index is 0.0383. The van der Waals surface area contributed by atoms with Crippen LogP contribution in [0.4, 0.5) is 0 Å². The fraction of sp³-hybridized carbons (Fsp3) is 0.0909. The van der Waals surface area contributed by atoms with Gasteiger partial charge in [-0.15, -0.1) is 11.3 Å². The van der Waals surface area contributed by atoms with Gasteiger partial charge in [0.1, 0.15) is 0 Å². The largest absolute Gasteiger partial charge is 0.304 e. The standard InChI is InChI=1S/C11H10O5S3/c1-8-10(7-17-11(8)19(14,15)16)18(12,13)9-5-3-2-4-6-9/h2-7H,1H3,(H,14,15,16). The Balaban J connectivity index is 2.65. The summed E-state index contributed by atoms with van der Waals surface area (Å²) in [5.74, 6) is 0. The molecule has 1 aromatic carbocycles. The molecule has 1 aromatic heterocycles. The molecule has 0 saturated carbocycles. The van der Waals surface area contributed by atoms with Gasteiger partial charge in [0.05, 0.1) is 9.79 Å². The van der Waals surface area contributed by atoms with Crippen LogP contribution in [0.25, 0.3) is 0 Å². The van der Waals surface area contributed by atoms with E-state index < -0.39 is 20.0 Å². The van der Waals surface area contributed by atoms with E-state index in [-0.39, 0.29) is 19.6 Å². The summed E-state index contributed by atoms with van der Waals surface area (Å²) in [7, 11) is -8.18. The van der Waals surface area contributed by atoms with Crippen molar-refractivity contribution in [2.24, 2.45) is 0 Å². The highest BCUT2D eigenvalue weighted by Crippen LogP contribution is 2.32. The third-order valence-corrected chi connectivity index (χ3v) is 7.14. The predicted octanol–water partition coefficient (Wildman–Crippen LogP) is 2.14. The molecule has 0 atom stereocenters. The summed E-state index contributed by atoms with van der Waals surface area (Å²) in [5, 5.41) is 1.22. The van der Waals surface area contributed by atoms with Crippen LogP contribution in [-0.4, -0.2) is 21.4 Å². The van der Waals surface area contributed by atoms with Gasteiger partial charge in [-0.1, -0.05) is 18.2 Å². The van der Waals surface area contributed by atoms with E-state index in [0.717, 1.165) is 0 Å². The fourth-order valence-corrected chi connectivity index (χ4v) is 5.49. The molecule has 0 aliphatic carbocycles. The second-order valence-electron chi connectivity index (χ2n) is 3.80. The van der Waals surface area contributed by atoms with E-state index in [4.69, 9.17) is 4.55 Å². The number of sulfone groups is 1. The lowest BCUT2D eigenvalue weighted by Gasteiger charge is -2.03. The highest BCUT2D eigenvalue weighted by atomic mass is 32.3. The van der Waals surface area contributed by atoms with E-state index in [1.165, 1.54) is 24.4 Å². The lowest BCUT2D eigenvalue weighted by molar-refractivity contribution is 0.485. The zero-order valence-electron chi connectivity index (χ0n) is 9.77. The molecular weight excluding hydrogens is 308 g/mol. The predicted molar refractivity (Wildman–Crippen MR) is 70.8 cm³/mol. The van der Waals surface area contributed by atoms with Crippen molar-refractivity contribution in [3.63, 3.8) is 0 Å². The summed E-state index contributed by atoms with van der Waals surface area (Å²) in [6.07, 6.45) is 0. The maximum Gasteiger partial charge on any atom is 0.304 e. The first-order valence-corrected chi connectivity index (χ1v) is 8.90. The molecule has 0 radical (unpaired) electrons. The normalized spacial score (nSPS) is 12.5. The highest BCUT2D eigenvalue weighted by molar-refractivity contribution is 7.92. The third kappa shape index (κ3) is 2.57. The van der Waals surface area contributed by atoms with Gasteiger partial charge in [0.25, 0.3) is 0 Å². The summed E-state index contributed by atoms with van der Waals surface area (Å²) >= 11 is 0.688. The molecule has 0 aliphatic rings. The molecule has 0 unspecified atom stereocenters.